The average molecular weight is 336 g/mol. The molecule has 1 aromatic heterocycles. The second-order valence-electron chi connectivity index (χ2n) is 6.74. The number of β-amino-alcohol motifs (C(OH)–C–C–N with tert-alkyl or cyclic N) is 1. The first-order chi connectivity index (χ1) is 10.8. The van der Waals surface area contributed by atoms with Crippen LogP contribution < -0.4 is 0 Å². The molecule has 1 fully saturated rings. The quantitative estimate of drug-likeness (QED) is 0.905. The van der Waals surface area contributed by atoms with E-state index in [0.717, 1.165) is 24.0 Å². The van der Waals surface area contributed by atoms with Crippen LogP contribution in [0.4, 0.5) is 0 Å². The molecule has 3 rings (SSSR count). The van der Waals surface area contributed by atoms with Crippen molar-refractivity contribution in [3.8, 4) is 0 Å². The first-order valence-electron chi connectivity index (χ1n) is 7.85. The van der Waals surface area contributed by atoms with Crippen molar-refractivity contribution in [1.29, 1.82) is 0 Å². The Labute approximate surface area is 140 Å². The number of aliphatic hydroxyl groups is 1. The van der Waals surface area contributed by atoms with Gasteiger partial charge in [0.05, 0.1) is 10.6 Å². The van der Waals surface area contributed by atoms with Gasteiger partial charge in [-0.05, 0) is 19.9 Å². The molecule has 2 heterocycles. The van der Waals surface area contributed by atoms with Crippen molar-refractivity contribution in [2.75, 3.05) is 32.7 Å². The minimum atomic E-state index is -0.716. The molecule has 0 spiro atoms. The van der Waals surface area contributed by atoms with Crippen LogP contribution >= 0.6 is 11.6 Å². The van der Waals surface area contributed by atoms with E-state index in [1.54, 1.807) is 13.8 Å². The summed E-state index contributed by atoms with van der Waals surface area (Å²) in [4.78, 5) is 19.9. The fourth-order valence-corrected chi connectivity index (χ4v) is 3.36. The number of halogens is 1. The summed E-state index contributed by atoms with van der Waals surface area (Å²) in [5.74, 6) is -0.0610. The van der Waals surface area contributed by atoms with E-state index in [4.69, 9.17) is 11.6 Å². The van der Waals surface area contributed by atoms with Crippen LogP contribution in [-0.4, -0.2) is 64.1 Å². The van der Waals surface area contributed by atoms with Crippen LogP contribution in [0, 0.1) is 0 Å². The lowest BCUT2D eigenvalue weighted by Crippen LogP contribution is -2.52. The molecule has 5 nitrogen and oxygen atoms in total. The number of amides is 1. The highest BCUT2D eigenvalue weighted by molar-refractivity contribution is 6.38. The van der Waals surface area contributed by atoms with E-state index < -0.39 is 5.60 Å². The zero-order valence-electron chi connectivity index (χ0n) is 13.5. The van der Waals surface area contributed by atoms with Crippen molar-refractivity contribution in [3.05, 3.63) is 35.0 Å². The molecule has 0 radical (unpaired) electrons. The fraction of sp³-hybridized carbons (Fsp3) is 0.471. The van der Waals surface area contributed by atoms with Crippen LogP contribution in [0.15, 0.2) is 24.3 Å². The highest BCUT2D eigenvalue weighted by Gasteiger charge is 2.27. The van der Waals surface area contributed by atoms with E-state index in [1.165, 1.54) is 0 Å². The van der Waals surface area contributed by atoms with Gasteiger partial charge in [0.2, 0.25) is 0 Å². The molecule has 0 bridgehead atoms. The predicted molar refractivity (Wildman–Crippen MR) is 92.0 cm³/mol. The van der Waals surface area contributed by atoms with Crippen molar-refractivity contribution < 1.29 is 9.90 Å². The highest BCUT2D eigenvalue weighted by atomic mass is 35.5. The summed E-state index contributed by atoms with van der Waals surface area (Å²) in [7, 11) is 0. The Bertz CT molecular complexity index is 712. The topological polar surface area (TPSA) is 59.6 Å². The Morgan fingerprint density at radius 3 is 2.52 bits per heavy atom. The summed E-state index contributed by atoms with van der Waals surface area (Å²) in [5.41, 5.74) is 0.623. The molecule has 124 valence electrons. The third kappa shape index (κ3) is 3.52. The molecular weight excluding hydrogens is 314 g/mol. The van der Waals surface area contributed by atoms with Gasteiger partial charge in [0.25, 0.3) is 5.91 Å². The number of aromatic nitrogens is 1. The maximum Gasteiger partial charge on any atom is 0.271 e. The van der Waals surface area contributed by atoms with Crippen molar-refractivity contribution in [2.45, 2.75) is 19.4 Å². The van der Waals surface area contributed by atoms with E-state index in [0.29, 0.717) is 30.4 Å². The lowest BCUT2D eigenvalue weighted by molar-refractivity contribution is 0.0177. The monoisotopic (exact) mass is 335 g/mol. The number of carbonyl (C=O) groups excluding carboxylic acids is 1. The molecule has 2 aromatic rings. The van der Waals surface area contributed by atoms with Gasteiger partial charge in [-0.3, -0.25) is 9.69 Å². The standard InChI is InChI=1S/C17H22ClN3O2/c1-17(2,23)11-20-7-9-21(10-8-20)16(22)15-14(18)12-5-3-4-6-13(12)19-15/h3-6,19,23H,7-11H2,1-2H3. The number of carbonyl (C=O) groups is 1. The van der Waals surface area contributed by atoms with Gasteiger partial charge in [-0.15, -0.1) is 0 Å². The number of aromatic amines is 1. The van der Waals surface area contributed by atoms with Gasteiger partial charge in [0, 0.05) is 43.6 Å². The zero-order chi connectivity index (χ0) is 16.6. The molecule has 2 N–H and O–H groups in total. The fourth-order valence-electron chi connectivity index (χ4n) is 3.07. The van der Waals surface area contributed by atoms with Gasteiger partial charge in [0.1, 0.15) is 5.69 Å². The lowest BCUT2D eigenvalue weighted by atomic mass is 10.1. The summed E-state index contributed by atoms with van der Waals surface area (Å²) in [6.45, 7) is 7.01. The minimum Gasteiger partial charge on any atom is -0.389 e. The van der Waals surface area contributed by atoms with Crippen LogP contribution in [0.25, 0.3) is 10.9 Å². The molecule has 0 saturated carbocycles. The molecule has 23 heavy (non-hydrogen) atoms. The number of piperazine rings is 1. The molecule has 1 aromatic carbocycles. The van der Waals surface area contributed by atoms with E-state index in [1.807, 2.05) is 29.2 Å². The van der Waals surface area contributed by atoms with E-state index in [2.05, 4.69) is 9.88 Å². The van der Waals surface area contributed by atoms with Gasteiger partial charge in [-0.1, -0.05) is 29.8 Å². The zero-order valence-corrected chi connectivity index (χ0v) is 14.2. The third-order valence-electron chi connectivity index (χ3n) is 4.13. The smallest absolute Gasteiger partial charge is 0.271 e. The highest BCUT2D eigenvalue weighted by Crippen LogP contribution is 2.28. The number of nitrogens with one attached hydrogen (secondary N) is 1. The number of rotatable bonds is 3. The lowest BCUT2D eigenvalue weighted by Gasteiger charge is -2.37. The molecule has 0 unspecified atom stereocenters. The van der Waals surface area contributed by atoms with E-state index in [9.17, 15) is 9.90 Å². The van der Waals surface area contributed by atoms with Crippen LogP contribution in [-0.2, 0) is 0 Å². The number of nitrogens with zero attached hydrogens (tertiary/aromatic N) is 2. The number of H-pyrrole nitrogens is 1. The van der Waals surface area contributed by atoms with Crippen LogP contribution in [0.2, 0.25) is 5.02 Å². The summed E-state index contributed by atoms with van der Waals surface area (Å²) < 4.78 is 0. The first kappa shape index (κ1) is 16.3. The number of benzene rings is 1. The summed E-state index contributed by atoms with van der Waals surface area (Å²) >= 11 is 6.36. The van der Waals surface area contributed by atoms with Crippen LogP contribution in [0.5, 0.6) is 0 Å². The molecule has 1 saturated heterocycles. The Hall–Kier alpha value is -1.56. The van der Waals surface area contributed by atoms with Gasteiger partial charge in [0.15, 0.2) is 0 Å². The summed E-state index contributed by atoms with van der Waals surface area (Å²) in [6.07, 6.45) is 0. The molecule has 6 heteroatoms. The Balaban J connectivity index is 1.70. The maximum atomic E-state index is 12.7. The third-order valence-corrected chi connectivity index (χ3v) is 4.52. The average Bonchev–Trinajstić information content (AvgIpc) is 2.83. The van der Waals surface area contributed by atoms with Crippen molar-refractivity contribution in [2.24, 2.45) is 0 Å². The van der Waals surface area contributed by atoms with Gasteiger partial charge < -0.3 is 15.0 Å². The molecule has 0 aliphatic carbocycles. The second-order valence-corrected chi connectivity index (χ2v) is 7.12. The second kappa shape index (κ2) is 6.15. The predicted octanol–water partition coefficient (Wildman–Crippen LogP) is 2.35. The Kier molecular flexibility index (Phi) is 4.36. The number of para-hydroxylation sites is 1. The van der Waals surface area contributed by atoms with Crippen molar-refractivity contribution >= 4 is 28.4 Å². The van der Waals surface area contributed by atoms with E-state index >= 15 is 0 Å². The van der Waals surface area contributed by atoms with Crippen LogP contribution in [0.1, 0.15) is 24.3 Å². The SMILES string of the molecule is CC(C)(O)CN1CCN(C(=O)c2[nH]c3ccccc3c2Cl)CC1. The van der Waals surface area contributed by atoms with Gasteiger partial charge in [-0.2, -0.15) is 0 Å². The molecule has 1 aliphatic rings. The molecule has 0 atom stereocenters. The summed E-state index contributed by atoms with van der Waals surface area (Å²) in [5, 5.41) is 11.3. The largest absolute Gasteiger partial charge is 0.389 e. The first-order valence-corrected chi connectivity index (χ1v) is 8.23. The van der Waals surface area contributed by atoms with Crippen LogP contribution in [0.3, 0.4) is 0 Å². The van der Waals surface area contributed by atoms with Crippen molar-refractivity contribution in [3.63, 3.8) is 0 Å². The minimum absolute atomic E-state index is 0.0610. The van der Waals surface area contributed by atoms with Crippen molar-refractivity contribution in [1.82, 2.24) is 14.8 Å². The molecular formula is C17H22ClN3O2. The number of hydrogen-bond acceptors (Lipinski definition) is 3. The van der Waals surface area contributed by atoms with E-state index in [-0.39, 0.29) is 5.91 Å². The summed E-state index contributed by atoms with van der Waals surface area (Å²) in [6, 6.07) is 7.65. The normalized spacial score (nSPS) is 17.0. The molecule has 1 amide bonds. The molecule has 1 aliphatic heterocycles. The Morgan fingerprint density at radius 1 is 1.26 bits per heavy atom. The van der Waals surface area contributed by atoms with Gasteiger partial charge in [-0.25, -0.2) is 0 Å². The Morgan fingerprint density at radius 2 is 1.91 bits per heavy atom. The van der Waals surface area contributed by atoms with Gasteiger partial charge >= 0.3 is 0 Å². The maximum absolute atomic E-state index is 12.7. The number of fused-ring (bicyclic) bond motifs is 1. The number of hydrogen-bond donors (Lipinski definition) is 2.